The molecule has 22 aromatic rings. The summed E-state index contributed by atoms with van der Waals surface area (Å²) < 4.78 is 9.27. The zero-order valence-electron chi connectivity index (χ0n) is 68.4. The highest BCUT2D eigenvalue weighted by Gasteiger charge is 2.27. The van der Waals surface area contributed by atoms with Crippen molar-refractivity contribution in [1.29, 1.82) is 10.5 Å². The fraction of sp³-hybridized carbons (Fsp3) is 0.0526. The standard InChI is InChI=1S/C64H46N4.C50H34N4/c1-40-9-5-13-45(29-40)49-17-21-59-55(33-49)56-34-50(46-14-6-10-41(2)30-46)18-22-60(56)67(59)63-38-54(44-25-27-66-28-26-44)64(37-53(63)39-65)68-61-23-19-51(47-15-7-11-42(3)31-47)35-57(61)58-36-52(20-24-62(58)68)48-16-8-12-43(4)32-48;1-32-11-15-34(16-12-32)37-19-21-42-40-7-3-5-9-45(40)53(48(42)27-37)47-30-44(36-23-25-52-26-24-36)50(29-39(47)31-51)54-46-10-6-4-8-41(46)43-22-20-38(28-49(43)54)35-17-13-33(2)14-18-35/h5-38H,1-4H3;3-30H,1-2H3. The largest absolute Gasteiger partial charge is 0.309 e. The van der Waals surface area contributed by atoms with E-state index in [0.717, 1.165) is 177 Å². The Morgan fingerprint density at radius 3 is 0.795 bits per heavy atom. The minimum atomic E-state index is 0.574. The molecule has 0 unspecified atom stereocenters. The van der Waals surface area contributed by atoms with Crippen LogP contribution in [-0.4, -0.2) is 28.2 Å². The second-order valence-electron chi connectivity index (χ2n) is 32.4. The molecule has 0 N–H and O–H groups in total. The average molecular weight is 1560 g/mol. The molecule has 8 heteroatoms. The van der Waals surface area contributed by atoms with Crippen molar-refractivity contribution >= 4 is 87.2 Å². The normalized spacial score (nSPS) is 11.5. The Balaban J connectivity index is 0.000000154. The van der Waals surface area contributed by atoms with E-state index >= 15 is 0 Å². The van der Waals surface area contributed by atoms with Gasteiger partial charge in [-0.05, 0) is 241 Å². The van der Waals surface area contributed by atoms with Crippen LogP contribution in [0.2, 0.25) is 0 Å². The molecule has 576 valence electrons. The van der Waals surface area contributed by atoms with Gasteiger partial charge in [0.15, 0.2) is 0 Å². The molecule has 122 heavy (non-hydrogen) atoms. The maximum absolute atomic E-state index is 11.4. The Hall–Kier alpha value is -16.0. The SMILES string of the molecule is Cc1ccc(-c2ccc3c4ccccc4n(-c4cc(-c5ccncc5)c(-n5c6ccccc6c6ccc(-c7ccc(C)cc7)cc65)cc4C#N)c3c2)cc1.Cc1cccc(-c2ccc3c(c2)c2cc(-c4cccc(C)c4)ccc2n3-c2cc(-c3ccncc3)c(-n3c4ccc(-c5cccc(C)c5)cc4c4cc(-c5cccc(C)c5)ccc43)cc2C#N)c1. The van der Waals surface area contributed by atoms with E-state index in [0.29, 0.717) is 11.1 Å². The van der Waals surface area contributed by atoms with E-state index in [1.54, 1.807) is 0 Å². The Labute approximate surface area is 707 Å². The zero-order chi connectivity index (χ0) is 82.4. The van der Waals surface area contributed by atoms with Gasteiger partial charge >= 0.3 is 0 Å². The molecule has 0 aliphatic heterocycles. The monoisotopic (exact) mass is 1560 g/mol. The molecule has 0 atom stereocenters. The Kier molecular flexibility index (Phi) is 18.2. The Bertz CT molecular complexity index is 7870. The van der Waals surface area contributed by atoms with Crippen molar-refractivity contribution in [2.45, 2.75) is 41.5 Å². The highest BCUT2D eigenvalue weighted by atomic mass is 15.0. The summed E-state index contributed by atoms with van der Waals surface area (Å²) in [6.45, 7) is 12.8. The lowest BCUT2D eigenvalue weighted by molar-refractivity contribution is 1.13. The molecule has 0 saturated carbocycles. The lowest BCUT2D eigenvalue weighted by Gasteiger charge is -2.19. The van der Waals surface area contributed by atoms with Gasteiger partial charge in [0.1, 0.15) is 12.1 Å². The number of hydrogen-bond donors (Lipinski definition) is 0. The maximum Gasteiger partial charge on any atom is 0.101 e. The molecule has 22 rings (SSSR count). The summed E-state index contributed by atoms with van der Waals surface area (Å²) in [6.07, 6.45) is 7.38. The number of benzene rings is 16. The van der Waals surface area contributed by atoms with Gasteiger partial charge in [-0.25, -0.2) is 0 Å². The van der Waals surface area contributed by atoms with E-state index in [1.807, 2.05) is 24.8 Å². The van der Waals surface area contributed by atoms with Gasteiger partial charge in [0.05, 0.1) is 78.0 Å². The molecule has 0 aliphatic carbocycles. The number of aromatic nitrogens is 6. The van der Waals surface area contributed by atoms with E-state index < -0.39 is 0 Å². The minimum absolute atomic E-state index is 0.574. The summed E-state index contributed by atoms with van der Waals surface area (Å²) in [4.78, 5) is 8.84. The lowest BCUT2D eigenvalue weighted by atomic mass is 9.99. The van der Waals surface area contributed by atoms with Crippen LogP contribution in [0.3, 0.4) is 0 Å². The first-order valence-corrected chi connectivity index (χ1v) is 41.5. The van der Waals surface area contributed by atoms with Crippen LogP contribution in [0.1, 0.15) is 44.5 Å². The van der Waals surface area contributed by atoms with Crippen LogP contribution in [0.15, 0.2) is 377 Å². The van der Waals surface area contributed by atoms with Gasteiger partial charge in [-0.2, -0.15) is 10.5 Å². The number of pyridine rings is 2. The average Bonchev–Trinajstić information content (AvgIpc) is 1.57. The molecule has 8 nitrogen and oxygen atoms in total. The first kappa shape index (κ1) is 73.6. The Morgan fingerprint density at radius 1 is 0.189 bits per heavy atom. The molecule has 0 spiro atoms. The third kappa shape index (κ3) is 12.9. The second-order valence-corrected chi connectivity index (χ2v) is 32.4. The van der Waals surface area contributed by atoms with Crippen molar-refractivity contribution in [1.82, 2.24) is 28.2 Å². The topological polar surface area (TPSA) is 93.1 Å². The molecule has 0 aliphatic rings. The van der Waals surface area contributed by atoms with Crippen LogP contribution in [0.5, 0.6) is 0 Å². The number of fused-ring (bicyclic) bond motifs is 12. The van der Waals surface area contributed by atoms with Gasteiger partial charge in [0, 0.05) is 79.0 Å². The van der Waals surface area contributed by atoms with E-state index in [-0.39, 0.29) is 0 Å². The zero-order valence-corrected chi connectivity index (χ0v) is 68.4. The molecule has 0 radical (unpaired) electrons. The van der Waals surface area contributed by atoms with Crippen molar-refractivity contribution < 1.29 is 0 Å². The summed E-state index contributed by atoms with van der Waals surface area (Å²) in [5.74, 6) is 0. The predicted molar refractivity (Wildman–Crippen MR) is 507 cm³/mol. The number of rotatable bonds is 12. The van der Waals surface area contributed by atoms with Crippen LogP contribution in [0.4, 0.5) is 0 Å². The third-order valence-electron chi connectivity index (χ3n) is 24.5. The maximum atomic E-state index is 11.4. The van der Waals surface area contributed by atoms with Gasteiger partial charge in [-0.15, -0.1) is 0 Å². The van der Waals surface area contributed by atoms with Crippen molar-refractivity contribution in [3.8, 4) is 124 Å². The first-order valence-electron chi connectivity index (χ1n) is 41.5. The quantitative estimate of drug-likeness (QED) is 0.122. The van der Waals surface area contributed by atoms with Crippen molar-refractivity contribution in [3.05, 3.63) is 421 Å². The summed E-state index contributed by atoms with van der Waals surface area (Å²) in [5, 5.41) is 31.6. The molecule has 6 aromatic heterocycles. The first-order chi connectivity index (χ1) is 59.8. The predicted octanol–water partition coefficient (Wildman–Crippen LogP) is 29.5. The summed E-state index contributed by atoms with van der Waals surface area (Å²) in [5.41, 5.74) is 38.4. The van der Waals surface area contributed by atoms with Crippen LogP contribution >= 0.6 is 0 Å². The molecule has 6 heterocycles. The van der Waals surface area contributed by atoms with Gasteiger partial charge in [0.2, 0.25) is 0 Å². The van der Waals surface area contributed by atoms with Crippen molar-refractivity contribution in [2.24, 2.45) is 0 Å². The van der Waals surface area contributed by atoms with Crippen molar-refractivity contribution in [3.63, 3.8) is 0 Å². The summed E-state index contributed by atoms with van der Waals surface area (Å²) in [7, 11) is 0. The number of para-hydroxylation sites is 2. The fourth-order valence-electron chi connectivity index (χ4n) is 18.5. The van der Waals surface area contributed by atoms with Crippen LogP contribution in [0, 0.1) is 64.2 Å². The Morgan fingerprint density at radius 2 is 0.459 bits per heavy atom. The van der Waals surface area contributed by atoms with E-state index in [2.05, 4.69) is 434 Å². The molecule has 16 aromatic carbocycles. The second kappa shape index (κ2) is 30.2. The van der Waals surface area contributed by atoms with Crippen LogP contribution in [0.25, 0.3) is 199 Å². The molecule has 0 bridgehead atoms. The lowest BCUT2D eigenvalue weighted by Crippen LogP contribution is -2.04. The fourth-order valence-corrected chi connectivity index (χ4v) is 18.5. The molecular weight excluding hydrogens is 1480 g/mol. The van der Waals surface area contributed by atoms with E-state index in [1.165, 1.54) is 55.6 Å². The minimum Gasteiger partial charge on any atom is -0.309 e. The number of aryl methyl sites for hydroxylation is 6. The van der Waals surface area contributed by atoms with Crippen molar-refractivity contribution in [2.75, 3.05) is 0 Å². The molecular formula is C114H80N8. The van der Waals surface area contributed by atoms with Gasteiger partial charge in [-0.1, -0.05) is 264 Å². The van der Waals surface area contributed by atoms with E-state index in [9.17, 15) is 10.5 Å². The van der Waals surface area contributed by atoms with Gasteiger partial charge in [-0.3, -0.25) is 9.97 Å². The summed E-state index contributed by atoms with van der Waals surface area (Å²) in [6, 6.07) is 132. The van der Waals surface area contributed by atoms with Gasteiger partial charge < -0.3 is 18.3 Å². The molecule has 0 fully saturated rings. The molecule has 0 amide bonds. The number of nitrogens with zero attached hydrogens (tertiary/aromatic N) is 8. The number of hydrogen-bond acceptors (Lipinski definition) is 4. The van der Waals surface area contributed by atoms with Crippen LogP contribution in [-0.2, 0) is 0 Å². The van der Waals surface area contributed by atoms with Crippen LogP contribution < -0.4 is 0 Å². The third-order valence-corrected chi connectivity index (χ3v) is 24.5. The van der Waals surface area contributed by atoms with E-state index in [4.69, 9.17) is 0 Å². The summed E-state index contributed by atoms with van der Waals surface area (Å²) >= 11 is 0. The smallest absolute Gasteiger partial charge is 0.101 e. The molecule has 0 saturated heterocycles. The number of nitriles is 2. The highest BCUT2D eigenvalue weighted by Crippen LogP contribution is 2.47. The van der Waals surface area contributed by atoms with Gasteiger partial charge in [0.25, 0.3) is 0 Å². The highest BCUT2D eigenvalue weighted by molar-refractivity contribution is 6.16.